The van der Waals surface area contributed by atoms with Crippen molar-refractivity contribution in [1.29, 1.82) is 0 Å². The third kappa shape index (κ3) is 18.0. The fourth-order valence-corrected chi connectivity index (χ4v) is 8.44. The highest BCUT2D eigenvalue weighted by molar-refractivity contribution is 6.67. The molecule has 2 fully saturated rings. The summed E-state index contributed by atoms with van der Waals surface area (Å²) >= 11 is 44.5. The molecule has 5 aromatic rings. The SMILES string of the molecule is COc1cc(N2CCN(C(=O)CCl)CC2)ccc1Cl.COc1cc(N2CCN(C(=O)CN3C(=O)COc4ccc(Cl)cc43)CC2)ccc1Cl.Nc1cc(Cl)ccc1O.O=C(Cl)CCl.O=C1COc2ccc(Cl)cc2N1. The van der Waals surface area contributed by atoms with E-state index < -0.39 is 5.24 Å². The third-order valence-corrected chi connectivity index (χ3v) is 13.3. The fourth-order valence-electron chi connectivity index (χ4n) is 7.37. The van der Waals surface area contributed by atoms with Crippen molar-refractivity contribution in [2.24, 2.45) is 0 Å². The zero-order valence-electron chi connectivity index (χ0n) is 40.3. The summed E-state index contributed by atoms with van der Waals surface area (Å²) in [6, 6.07) is 26.0. The first-order valence-electron chi connectivity index (χ1n) is 22.6. The number of nitrogens with zero attached hydrogens (tertiary/aromatic N) is 5. The van der Waals surface area contributed by atoms with Gasteiger partial charge in [0.05, 0.1) is 47.2 Å². The number of ether oxygens (including phenoxy) is 4. The number of halogens is 8. The van der Waals surface area contributed by atoms with Gasteiger partial charge in [0.25, 0.3) is 11.8 Å². The number of hydrogen-bond acceptors (Lipinski definition) is 13. The van der Waals surface area contributed by atoms with E-state index in [-0.39, 0.29) is 60.9 Å². The van der Waals surface area contributed by atoms with Crippen LogP contribution in [0.1, 0.15) is 0 Å². The molecule has 0 aromatic heterocycles. The zero-order valence-corrected chi connectivity index (χ0v) is 46.4. The first-order valence-corrected chi connectivity index (χ1v) is 25.9. The number of nitrogens with two attached hydrogens (primary N) is 1. The van der Waals surface area contributed by atoms with Gasteiger partial charge in [-0.2, -0.15) is 0 Å². The van der Waals surface area contributed by atoms with Gasteiger partial charge >= 0.3 is 0 Å². The fraction of sp³-hybridized carbons (Fsp3) is 0.300. The number of carbonyl (C=O) groups excluding carboxylic acids is 5. The Morgan fingerprint density at radius 1 is 0.627 bits per heavy atom. The van der Waals surface area contributed by atoms with E-state index >= 15 is 0 Å². The number of nitrogen functional groups attached to an aromatic ring is 1. The maximum atomic E-state index is 12.9. The molecule has 4 aliphatic rings. The molecular weight excluding hydrogens is 1140 g/mol. The van der Waals surface area contributed by atoms with Crippen molar-refractivity contribution in [1.82, 2.24) is 9.80 Å². The molecule has 0 saturated carbocycles. The number of carbonyl (C=O) groups is 5. The Hall–Kier alpha value is -5.63. The molecule has 4 N–H and O–H groups in total. The topological polar surface area (TPSA) is 197 Å². The molecule has 0 aliphatic carbocycles. The van der Waals surface area contributed by atoms with Gasteiger partial charge in [-0.05, 0) is 90.5 Å². The summed E-state index contributed by atoms with van der Waals surface area (Å²) in [6.45, 7) is 5.38. The molecule has 75 heavy (non-hydrogen) atoms. The lowest BCUT2D eigenvalue weighted by molar-refractivity contribution is -0.132. The number of alkyl halides is 2. The molecule has 9 rings (SSSR count). The highest BCUT2D eigenvalue weighted by Gasteiger charge is 2.31. The van der Waals surface area contributed by atoms with Gasteiger partial charge < -0.3 is 54.7 Å². The van der Waals surface area contributed by atoms with Gasteiger partial charge in [0.15, 0.2) is 13.2 Å². The monoisotopic (exact) mass is 1190 g/mol. The summed E-state index contributed by atoms with van der Waals surface area (Å²) in [7, 11) is 3.18. The van der Waals surface area contributed by atoms with E-state index in [4.69, 9.17) is 123 Å². The van der Waals surface area contributed by atoms with E-state index in [1.54, 1.807) is 72.6 Å². The van der Waals surface area contributed by atoms with Crippen LogP contribution in [0.3, 0.4) is 0 Å². The molecule has 0 unspecified atom stereocenters. The molecule has 402 valence electrons. The standard InChI is InChI=1S/C21H21Cl2N3O4.C13H16Cl2N2O2.C8H6ClNO2.C6H6ClNO.C2H2Cl2O/c1-29-19-11-15(3-4-16(19)23)24-6-8-25(9-7-24)20(27)12-26-17-10-14(22)2-5-18(17)30-13-21(26)28;1-19-12-8-10(2-3-11(12)15)16-4-6-17(7-5-16)13(18)9-14;9-5-1-2-7-6(3-5)10-8(11)4-12-7;7-4-1-2-6(9)5(8)3-4;3-1-2(4)5/h2-5,10-11H,6-9,12-13H2,1H3;2-3,8H,4-7,9H2,1H3;1-3H,4H2,(H,10,11);1-3,9H,8H2;1H2. The van der Waals surface area contributed by atoms with Crippen LogP contribution in [0.5, 0.6) is 28.7 Å². The minimum atomic E-state index is -0.508. The minimum absolute atomic E-state index is 0.00463. The maximum Gasteiger partial charge on any atom is 0.265 e. The molecule has 4 aliphatic heterocycles. The molecule has 0 bridgehead atoms. The lowest BCUT2D eigenvalue weighted by Crippen LogP contribution is -2.53. The molecule has 4 heterocycles. The molecule has 25 heteroatoms. The first-order chi connectivity index (χ1) is 35.8. The molecule has 0 radical (unpaired) electrons. The van der Waals surface area contributed by atoms with Crippen molar-refractivity contribution in [3.63, 3.8) is 0 Å². The van der Waals surface area contributed by atoms with E-state index in [0.29, 0.717) is 104 Å². The van der Waals surface area contributed by atoms with Gasteiger partial charge in [-0.15, -0.1) is 23.2 Å². The van der Waals surface area contributed by atoms with Gasteiger partial charge in [0.1, 0.15) is 41.2 Å². The number of aromatic hydroxyl groups is 1. The molecule has 0 atom stereocenters. The number of rotatable bonds is 8. The van der Waals surface area contributed by atoms with Crippen molar-refractivity contribution in [2.75, 3.05) is 124 Å². The van der Waals surface area contributed by atoms with Crippen molar-refractivity contribution < 1.29 is 48.0 Å². The predicted molar refractivity (Wildman–Crippen MR) is 298 cm³/mol. The van der Waals surface area contributed by atoms with Crippen LogP contribution < -0.4 is 44.7 Å². The highest BCUT2D eigenvalue weighted by Crippen LogP contribution is 2.36. The molecule has 17 nitrogen and oxygen atoms in total. The Labute approximate surface area is 473 Å². The minimum Gasteiger partial charge on any atom is -0.506 e. The Kier molecular flexibility index (Phi) is 23.8. The van der Waals surface area contributed by atoms with Gasteiger partial charge in [0.2, 0.25) is 17.1 Å². The zero-order chi connectivity index (χ0) is 54.8. The number of amides is 4. The van der Waals surface area contributed by atoms with E-state index in [9.17, 15) is 24.0 Å². The van der Waals surface area contributed by atoms with Gasteiger partial charge in [-0.1, -0.05) is 58.0 Å². The number of methoxy groups -OCH3 is 2. The Bertz CT molecular complexity index is 2800. The number of anilines is 5. The van der Waals surface area contributed by atoms with E-state index in [1.165, 1.54) is 17.0 Å². The molecule has 4 amide bonds. The van der Waals surface area contributed by atoms with Crippen molar-refractivity contribution in [3.05, 3.63) is 116 Å². The summed E-state index contributed by atoms with van der Waals surface area (Å²) < 4.78 is 21.1. The van der Waals surface area contributed by atoms with Crippen LogP contribution >= 0.6 is 92.8 Å². The number of phenolic OH excluding ortho intramolecular Hbond substituents is 1. The largest absolute Gasteiger partial charge is 0.506 e. The van der Waals surface area contributed by atoms with Crippen molar-refractivity contribution in [2.45, 2.75) is 0 Å². The average molecular weight is 1190 g/mol. The van der Waals surface area contributed by atoms with Crippen LogP contribution in [0.25, 0.3) is 0 Å². The van der Waals surface area contributed by atoms with Crippen LogP contribution in [0.2, 0.25) is 25.1 Å². The Morgan fingerprint density at radius 2 is 1.11 bits per heavy atom. The lowest BCUT2D eigenvalue weighted by atomic mass is 10.2. The predicted octanol–water partition coefficient (Wildman–Crippen LogP) is 9.60. The van der Waals surface area contributed by atoms with E-state index in [0.717, 1.165) is 24.5 Å². The highest BCUT2D eigenvalue weighted by atomic mass is 35.5. The molecule has 5 aromatic carbocycles. The van der Waals surface area contributed by atoms with Crippen LogP contribution in [0.15, 0.2) is 91.0 Å². The molecule has 0 spiro atoms. The van der Waals surface area contributed by atoms with Crippen molar-refractivity contribution in [3.8, 4) is 28.7 Å². The summed E-state index contributed by atoms with van der Waals surface area (Å²) in [5, 5.41) is 13.8. The van der Waals surface area contributed by atoms with Crippen LogP contribution in [0.4, 0.5) is 28.4 Å². The second-order valence-electron chi connectivity index (χ2n) is 16.1. The van der Waals surface area contributed by atoms with Crippen LogP contribution in [-0.2, 0) is 24.0 Å². The quantitative estimate of drug-likeness (QED) is 0.0576. The summed E-state index contributed by atoms with van der Waals surface area (Å²) in [4.78, 5) is 66.5. The van der Waals surface area contributed by atoms with Crippen LogP contribution in [0, 0.1) is 0 Å². The lowest BCUT2D eigenvalue weighted by Gasteiger charge is -2.37. The van der Waals surface area contributed by atoms with Crippen molar-refractivity contribution >= 4 is 150 Å². The molecule has 2 saturated heterocycles. The number of piperazine rings is 2. The number of benzene rings is 5. The van der Waals surface area contributed by atoms with E-state index in [2.05, 4.69) is 15.1 Å². The van der Waals surface area contributed by atoms with Gasteiger partial charge in [0, 0.05) is 90.9 Å². The Morgan fingerprint density at radius 3 is 1.60 bits per heavy atom. The third-order valence-electron chi connectivity index (χ3n) is 11.2. The summed E-state index contributed by atoms with van der Waals surface area (Å²) in [5.41, 5.74) is 8.81. The normalized spacial score (nSPS) is 14.4. The second kappa shape index (κ2) is 29.6. The number of fused-ring (bicyclic) bond motifs is 2. The Balaban J connectivity index is 0.000000196. The van der Waals surface area contributed by atoms with Gasteiger partial charge in [-0.3, -0.25) is 28.9 Å². The van der Waals surface area contributed by atoms with Gasteiger partial charge in [-0.25, -0.2) is 0 Å². The summed E-state index contributed by atoms with van der Waals surface area (Å²) in [5.74, 6) is 2.01. The first kappa shape index (κ1) is 60.2. The van der Waals surface area contributed by atoms with Crippen LogP contribution in [-0.4, -0.2) is 142 Å². The summed E-state index contributed by atoms with van der Waals surface area (Å²) in [6.07, 6.45) is 0. The smallest absolute Gasteiger partial charge is 0.265 e. The number of hydrogen-bond donors (Lipinski definition) is 3. The number of nitrogens with one attached hydrogen (secondary N) is 1. The maximum absolute atomic E-state index is 12.9. The van der Waals surface area contributed by atoms with E-state index in [1.807, 2.05) is 30.3 Å². The molecular formula is C50H51Cl8N7O10. The second-order valence-corrected chi connectivity index (χ2v) is 19.1. The average Bonchev–Trinajstić information content (AvgIpc) is 3.41. The number of phenols is 1.